The molecule has 15 heteroatoms. The molecule has 1 amide bonds. The average molecular weight is 595 g/mol. The highest BCUT2D eigenvalue weighted by molar-refractivity contribution is 6.09. The summed E-state index contributed by atoms with van der Waals surface area (Å²) in [4.78, 5) is 39.3. The van der Waals surface area contributed by atoms with Gasteiger partial charge in [0, 0.05) is 45.3 Å². The van der Waals surface area contributed by atoms with Crippen LogP contribution in [0.1, 0.15) is 11.1 Å². The van der Waals surface area contributed by atoms with Gasteiger partial charge in [0.05, 0.1) is 25.0 Å². The van der Waals surface area contributed by atoms with Crippen LogP contribution in [0.15, 0.2) is 59.9 Å². The molecule has 15 nitrogen and oxygen atoms in total. The molecule has 1 aromatic rings. The van der Waals surface area contributed by atoms with Gasteiger partial charge in [0.2, 0.25) is 11.7 Å². The zero-order chi connectivity index (χ0) is 31.7. The van der Waals surface area contributed by atoms with Gasteiger partial charge in [0.15, 0.2) is 17.9 Å². The van der Waals surface area contributed by atoms with Crippen molar-refractivity contribution in [1.29, 1.82) is 0 Å². The van der Waals surface area contributed by atoms with Gasteiger partial charge in [-0.3, -0.25) is 24.2 Å². The summed E-state index contributed by atoms with van der Waals surface area (Å²) in [6.07, 6.45) is -0.337. The van der Waals surface area contributed by atoms with E-state index in [0.717, 1.165) is 44.2 Å². The van der Waals surface area contributed by atoms with Crippen molar-refractivity contribution in [2.24, 2.45) is 0 Å². The monoisotopic (exact) mass is 594 g/mol. The number of allylic oxidation sites excluding steroid dienone is 1. The number of ketones is 1. The molecule has 0 aliphatic carbocycles. The third-order valence-corrected chi connectivity index (χ3v) is 6.67. The maximum absolute atomic E-state index is 12.6. The van der Waals surface area contributed by atoms with Gasteiger partial charge in [0.1, 0.15) is 6.04 Å². The molecule has 1 saturated heterocycles. The van der Waals surface area contributed by atoms with E-state index in [9.17, 15) is 50.1 Å². The van der Waals surface area contributed by atoms with E-state index in [1.165, 1.54) is 0 Å². The van der Waals surface area contributed by atoms with Crippen molar-refractivity contribution in [3.05, 3.63) is 71.0 Å². The molecule has 1 unspecified atom stereocenters. The molecule has 1 atom stereocenters. The van der Waals surface area contributed by atoms with Crippen molar-refractivity contribution >= 4 is 18.0 Å². The van der Waals surface area contributed by atoms with Crippen LogP contribution in [0.2, 0.25) is 0 Å². The quantitative estimate of drug-likeness (QED) is 0.0354. The minimum atomic E-state index is -3.82. The molecule has 232 valence electrons. The topological polar surface area (TPSA) is 233 Å². The van der Waals surface area contributed by atoms with E-state index < -0.39 is 64.9 Å². The van der Waals surface area contributed by atoms with Crippen LogP contribution in [0.4, 0.5) is 0 Å². The summed E-state index contributed by atoms with van der Waals surface area (Å²) in [5.41, 5.74) is 0.612. The van der Waals surface area contributed by atoms with Gasteiger partial charge >= 0.3 is 0 Å². The Morgan fingerprint density at radius 3 is 2.19 bits per heavy atom. The molecule has 0 spiro atoms. The highest BCUT2D eigenvalue weighted by atomic mass is 16.6. The van der Waals surface area contributed by atoms with Crippen molar-refractivity contribution in [2.75, 3.05) is 46.9 Å². The number of ether oxygens (including phenoxy) is 1. The molecule has 1 aliphatic rings. The van der Waals surface area contributed by atoms with Crippen LogP contribution >= 0.6 is 0 Å². The first-order valence-corrected chi connectivity index (χ1v) is 12.8. The van der Waals surface area contributed by atoms with E-state index >= 15 is 0 Å². The second-order valence-electron chi connectivity index (χ2n) is 9.71. The molecule has 2 rings (SSSR count). The Morgan fingerprint density at radius 2 is 1.69 bits per heavy atom. The summed E-state index contributed by atoms with van der Waals surface area (Å²) in [6.45, 7) is 6.06. The van der Waals surface area contributed by atoms with Crippen LogP contribution in [0, 0.1) is 0 Å². The van der Waals surface area contributed by atoms with Gasteiger partial charge in [-0.1, -0.05) is 30.8 Å². The van der Waals surface area contributed by atoms with Gasteiger partial charge in [-0.2, -0.15) is 0 Å². The fraction of sp³-hybridized carbons (Fsp3) is 0.444. The molecule has 42 heavy (non-hydrogen) atoms. The number of nitrogens with one attached hydrogen (secondary N) is 2. The van der Waals surface area contributed by atoms with Gasteiger partial charge < -0.3 is 51.1 Å². The molecule has 9 N–H and O–H groups in total. The Morgan fingerprint density at radius 1 is 1.12 bits per heavy atom. The molecular weight excluding hydrogens is 556 g/mol. The number of benzene rings is 1. The third-order valence-electron chi connectivity index (χ3n) is 6.67. The van der Waals surface area contributed by atoms with Gasteiger partial charge in [-0.05, 0) is 18.2 Å². The standard InChI is InChI=1S/C27H38N4O11/c1-17(34)22(35)21(15-32)20(14-30(3)23(25(37)28-2)27(40,41)26(38,39)16-33)24(36)29-12-18-4-6-19(7-5-18)13-31-8-10-42-11-9-31/h4-7,15-16,23,29,32,34,36,38-41H,1,8-14H2,2-3H3,(H,28,37)/b21-15?,24-20-. The number of carbonyl (C=O) groups is 3. The largest absolute Gasteiger partial charge is 0.515 e. The fourth-order valence-corrected chi connectivity index (χ4v) is 4.24. The summed E-state index contributed by atoms with van der Waals surface area (Å²) in [5, 5.41) is 75.7. The third kappa shape index (κ3) is 8.36. The number of rotatable bonds is 15. The first kappa shape index (κ1) is 34.4. The fourth-order valence-electron chi connectivity index (χ4n) is 4.24. The number of aliphatic hydroxyl groups is 7. The number of amides is 1. The number of carbonyl (C=O) groups excluding carboxylic acids is 3. The Bertz CT molecular complexity index is 1190. The van der Waals surface area contributed by atoms with E-state index in [4.69, 9.17) is 4.74 Å². The molecule has 0 aromatic heterocycles. The molecular formula is C27H38N4O11. The highest BCUT2D eigenvalue weighted by Crippen LogP contribution is 2.26. The van der Waals surface area contributed by atoms with Crippen LogP contribution in [-0.2, 0) is 32.2 Å². The number of hydrogen-bond acceptors (Lipinski definition) is 14. The average Bonchev–Trinajstić information content (AvgIpc) is 2.96. The Hall–Kier alpha value is -3.83. The molecule has 1 aliphatic heterocycles. The Balaban J connectivity index is 2.37. The summed E-state index contributed by atoms with van der Waals surface area (Å²) in [7, 11) is 2.16. The summed E-state index contributed by atoms with van der Waals surface area (Å²) in [6, 6.07) is 5.14. The maximum atomic E-state index is 12.6. The van der Waals surface area contributed by atoms with Crippen molar-refractivity contribution in [3.63, 3.8) is 0 Å². The second kappa shape index (κ2) is 14.9. The molecule has 1 aromatic carbocycles. The SMILES string of the molecule is C=C(O)C(=O)C(=CO)/C(CN(C)C(C(=O)NC)C(O)(O)C(O)(O)C=O)=C(\O)NCc1ccc(CN2CCOCC2)cc1. The predicted octanol–water partition coefficient (Wildman–Crippen LogP) is -1.93. The first-order chi connectivity index (χ1) is 19.7. The second-order valence-corrected chi connectivity index (χ2v) is 9.71. The predicted molar refractivity (Wildman–Crippen MR) is 147 cm³/mol. The maximum Gasteiger partial charge on any atom is 0.278 e. The molecule has 1 fully saturated rings. The van der Waals surface area contributed by atoms with Crippen LogP contribution in [0.25, 0.3) is 0 Å². The lowest BCUT2D eigenvalue weighted by molar-refractivity contribution is -0.346. The summed E-state index contributed by atoms with van der Waals surface area (Å²) >= 11 is 0. The number of aldehydes is 1. The normalized spacial score (nSPS) is 16.4. The van der Waals surface area contributed by atoms with Crippen LogP contribution in [0.3, 0.4) is 0 Å². The Kier molecular flexibility index (Phi) is 12.2. The zero-order valence-electron chi connectivity index (χ0n) is 23.4. The molecule has 0 saturated carbocycles. The molecule has 0 bridgehead atoms. The summed E-state index contributed by atoms with van der Waals surface area (Å²) in [5.74, 6) is -11.8. The van der Waals surface area contributed by atoms with Crippen molar-refractivity contribution in [1.82, 2.24) is 20.4 Å². The number of hydrogen-bond donors (Lipinski definition) is 9. The van der Waals surface area contributed by atoms with Crippen molar-refractivity contribution in [3.8, 4) is 0 Å². The van der Waals surface area contributed by atoms with Gasteiger partial charge in [-0.25, -0.2) is 0 Å². The minimum Gasteiger partial charge on any atom is -0.515 e. The number of Topliss-reactive ketones (excluding diaryl/α,β-unsaturated/α-hetero) is 1. The number of likely N-dealkylation sites (N-methyl/N-ethyl adjacent to an activating group) is 2. The van der Waals surface area contributed by atoms with E-state index in [1.54, 1.807) is 12.1 Å². The van der Waals surface area contributed by atoms with Gasteiger partial charge in [0.25, 0.3) is 11.6 Å². The summed E-state index contributed by atoms with van der Waals surface area (Å²) < 4.78 is 5.35. The van der Waals surface area contributed by atoms with E-state index in [-0.39, 0.29) is 12.8 Å². The highest BCUT2D eigenvalue weighted by Gasteiger charge is 2.57. The number of aliphatic hydroxyl groups excluding tert-OH is 3. The minimum absolute atomic E-state index is 0.00813. The lowest BCUT2D eigenvalue weighted by atomic mass is 9.94. The Labute approximate surface area is 242 Å². The van der Waals surface area contributed by atoms with Crippen LogP contribution < -0.4 is 10.6 Å². The number of morpholine rings is 1. The van der Waals surface area contributed by atoms with E-state index in [2.05, 4.69) is 22.1 Å². The number of nitrogens with zero attached hydrogens (tertiary/aromatic N) is 2. The van der Waals surface area contributed by atoms with E-state index in [1.807, 2.05) is 12.1 Å². The van der Waals surface area contributed by atoms with E-state index in [0.29, 0.717) is 18.8 Å². The smallest absolute Gasteiger partial charge is 0.278 e. The first-order valence-electron chi connectivity index (χ1n) is 12.8. The lowest BCUT2D eigenvalue weighted by Crippen LogP contribution is -2.70. The van der Waals surface area contributed by atoms with Crippen molar-refractivity contribution < 1.29 is 54.9 Å². The van der Waals surface area contributed by atoms with Crippen LogP contribution in [0.5, 0.6) is 0 Å². The zero-order valence-corrected chi connectivity index (χ0v) is 23.4. The molecule has 1 heterocycles. The molecule has 0 radical (unpaired) electrons. The lowest BCUT2D eigenvalue weighted by Gasteiger charge is -2.40. The van der Waals surface area contributed by atoms with Gasteiger partial charge in [-0.15, -0.1) is 0 Å². The van der Waals surface area contributed by atoms with Crippen LogP contribution in [-0.4, -0.2) is 128 Å². The van der Waals surface area contributed by atoms with Crippen molar-refractivity contribution in [2.45, 2.75) is 30.7 Å².